The third-order valence-electron chi connectivity index (χ3n) is 5.38. The number of carbonyl (C=O) groups is 1. The number of oxazole rings is 1. The Morgan fingerprint density at radius 3 is 2.45 bits per heavy atom. The van der Waals surface area contributed by atoms with Crippen molar-refractivity contribution >= 4 is 5.97 Å². The van der Waals surface area contributed by atoms with Crippen molar-refractivity contribution in [3.63, 3.8) is 0 Å². The minimum absolute atomic E-state index is 0.0179. The van der Waals surface area contributed by atoms with Crippen LogP contribution >= 0.6 is 0 Å². The van der Waals surface area contributed by atoms with Gasteiger partial charge in [0.1, 0.15) is 11.5 Å². The lowest BCUT2D eigenvalue weighted by atomic mass is 9.99. The van der Waals surface area contributed by atoms with E-state index in [1.54, 1.807) is 0 Å². The predicted molar refractivity (Wildman–Crippen MR) is 113 cm³/mol. The molecule has 0 saturated carbocycles. The molecule has 2 heterocycles. The molecule has 1 aliphatic heterocycles. The van der Waals surface area contributed by atoms with Crippen LogP contribution in [0.2, 0.25) is 0 Å². The Kier molecular flexibility index (Phi) is 6.06. The van der Waals surface area contributed by atoms with Gasteiger partial charge in [-0.2, -0.15) is 0 Å². The number of rotatable bonds is 7. The molecular weight excluding hydrogens is 398 g/mol. The zero-order chi connectivity index (χ0) is 21.8. The number of ether oxygens (including phenoxy) is 3. The van der Waals surface area contributed by atoms with E-state index in [1.165, 1.54) is 6.92 Å². The third kappa shape index (κ3) is 4.78. The van der Waals surface area contributed by atoms with E-state index >= 15 is 0 Å². The molecule has 0 unspecified atom stereocenters. The molecular formula is C24H25NO6. The molecule has 3 aromatic rings. The average Bonchev–Trinajstić information content (AvgIpc) is 3.16. The predicted octanol–water partition coefficient (Wildman–Crippen LogP) is 4.20. The molecule has 0 radical (unpaired) electrons. The van der Waals surface area contributed by atoms with E-state index in [2.05, 4.69) is 4.98 Å². The number of aryl methyl sites for hydroxylation is 1. The van der Waals surface area contributed by atoms with E-state index in [1.807, 2.05) is 61.5 Å². The summed E-state index contributed by atoms with van der Waals surface area (Å²) < 4.78 is 22.5. The van der Waals surface area contributed by atoms with Crippen LogP contribution in [0.25, 0.3) is 11.5 Å². The zero-order valence-electron chi connectivity index (χ0n) is 17.5. The van der Waals surface area contributed by atoms with Gasteiger partial charge >= 0.3 is 5.97 Å². The molecule has 0 atom stereocenters. The summed E-state index contributed by atoms with van der Waals surface area (Å²) in [5.74, 6) is -0.541. The van der Waals surface area contributed by atoms with Gasteiger partial charge in [-0.05, 0) is 36.8 Å². The second-order valence-corrected chi connectivity index (χ2v) is 7.63. The topological polar surface area (TPSA) is 91.0 Å². The molecule has 1 aliphatic rings. The van der Waals surface area contributed by atoms with E-state index in [9.17, 15) is 4.79 Å². The maximum atomic E-state index is 11.2. The summed E-state index contributed by atoms with van der Waals surface area (Å²) in [4.78, 5) is 15.8. The summed E-state index contributed by atoms with van der Waals surface area (Å²) >= 11 is 0. The van der Waals surface area contributed by atoms with Crippen LogP contribution in [0, 0.1) is 6.92 Å². The molecule has 162 valence electrons. The molecule has 7 heteroatoms. The SMILES string of the molecule is Cc1oc(-c2ccccc2)nc1CCOc1ccc([C@H]2CO[C@@](C)(C(=O)O)OC2)cc1. The molecule has 0 spiro atoms. The molecule has 1 aromatic heterocycles. The van der Waals surface area contributed by atoms with Crippen molar-refractivity contribution in [2.75, 3.05) is 19.8 Å². The van der Waals surface area contributed by atoms with Crippen LogP contribution in [0.1, 0.15) is 29.9 Å². The number of carboxylic acid groups (broad SMARTS) is 1. The van der Waals surface area contributed by atoms with Crippen LogP contribution in [0.15, 0.2) is 59.0 Å². The summed E-state index contributed by atoms with van der Waals surface area (Å²) in [5, 5.41) is 9.16. The summed E-state index contributed by atoms with van der Waals surface area (Å²) in [6.07, 6.45) is 0.641. The number of benzene rings is 2. The largest absolute Gasteiger partial charge is 0.493 e. The van der Waals surface area contributed by atoms with Crippen LogP contribution in [-0.2, 0) is 20.7 Å². The first-order valence-electron chi connectivity index (χ1n) is 10.2. The van der Waals surface area contributed by atoms with Crippen LogP contribution in [0.4, 0.5) is 0 Å². The first-order chi connectivity index (χ1) is 14.9. The molecule has 0 amide bonds. The van der Waals surface area contributed by atoms with E-state index in [4.69, 9.17) is 23.7 Å². The molecule has 1 N–H and O–H groups in total. The van der Waals surface area contributed by atoms with Crippen LogP contribution in [-0.4, -0.2) is 41.7 Å². The molecule has 1 fully saturated rings. The van der Waals surface area contributed by atoms with Gasteiger partial charge in [0.05, 0.1) is 25.5 Å². The highest BCUT2D eigenvalue weighted by molar-refractivity contribution is 5.75. The molecule has 4 rings (SSSR count). The second kappa shape index (κ2) is 8.91. The van der Waals surface area contributed by atoms with Crippen LogP contribution < -0.4 is 4.74 Å². The summed E-state index contributed by atoms with van der Waals surface area (Å²) in [7, 11) is 0. The normalized spacial score (nSPS) is 21.0. The summed E-state index contributed by atoms with van der Waals surface area (Å²) in [6.45, 7) is 4.39. The molecule has 31 heavy (non-hydrogen) atoms. The van der Waals surface area contributed by atoms with Crippen LogP contribution in [0.5, 0.6) is 5.75 Å². The number of aliphatic carboxylic acids is 1. The Hall–Kier alpha value is -3.16. The van der Waals surface area contributed by atoms with E-state index in [0.29, 0.717) is 18.9 Å². The van der Waals surface area contributed by atoms with Crippen molar-refractivity contribution in [3.05, 3.63) is 71.6 Å². The van der Waals surface area contributed by atoms with Gasteiger partial charge in [0, 0.05) is 24.8 Å². The first-order valence-corrected chi connectivity index (χ1v) is 10.2. The van der Waals surface area contributed by atoms with E-state index in [0.717, 1.165) is 28.3 Å². The Morgan fingerprint density at radius 2 is 1.81 bits per heavy atom. The Balaban J connectivity index is 1.30. The highest BCUT2D eigenvalue weighted by Crippen LogP contribution is 2.29. The van der Waals surface area contributed by atoms with Gasteiger partial charge in [-0.3, -0.25) is 0 Å². The van der Waals surface area contributed by atoms with Crippen molar-refractivity contribution in [2.45, 2.75) is 32.0 Å². The Bertz CT molecular complexity index is 1020. The van der Waals surface area contributed by atoms with Crippen molar-refractivity contribution < 1.29 is 28.5 Å². The average molecular weight is 423 g/mol. The fourth-order valence-corrected chi connectivity index (χ4v) is 3.39. The van der Waals surface area contributed by atoms with E-state index in [-0.39, 0.29) is 19.1 Å². The molecule has 2 aromatic carbocycles. The molecule has 1 saturated heterocycles. The number of hydrogen-bond acceptors (Lipinski definition) is 6. The fraction of sp³-hybridized carbons (Fsp3) is 0.333. The minimum atomic E-state index is -1.57. The lowest BCUT2D eigenvalue weighted by Gasteiger charge is -2.34. The number of aromatic nitrogens is 1. The monoisotopic (exact) mass is 423 g/mol. The smallest absolute Gasteiger partial charge is 0.364 e. The fourth-order valence-electron chi connectivity index (χ4n) is 3.39. The summed E-state index contributed by atoms with van der Waals surface area (Å²) in [5.41, 5.74) is 2.85. The number of hydrogen-bond donors (Lipinski definition) is 1. The lowest BCUT2D eigenvalue weighted by Crippen LogP contribution is -2.47. The third-order valence-corrected chi connectivity index (χ3v) is 5.38. The molecule has 0 bridgehead atoms. The van der Waals surface area contributed by atoms with Crippen LogP contribution in [0.3, 0.4) is 0 Å². The summed E-state index contributed by atoms with van der Waals surface area (Å²) in [6, 6.07) is 17.5. The number of carboxylic acids is 1. The van der Waals surface area contributed by atoms with Crippen molar-refractivity contribution in [2.24, 2.45) is 0 Å². The standard InChI is InChI=1S/C24H25NO6/c1-16-21(25-22(31-16)18-6-4-3-5-7-18)12-13-28-20-10-8-17(9-11-20)19-14-29-24(2,23(26)27)30-15-19/h3-11,19H,12-15H2,1-2H3,(H,26,27)/t19-,24+. The quantitative estimate of drug-likeness (QED) is 0.609. The van der Waals surface area contributed by atoms with Gasteiger partial charge in [-0.1, -0.05) is 30.3 Å². The van der Waals surface area contributed by atoms with Crippen molar-refractivity contribution in [3.8, 4) is 17.2 Å². The highest BCUT2D eigenvalue weighted by atomic mass is 16.7. The van der Waals surface area contributed by atoms with Gasteiger partial charge in [-0.15, -0.1) is 0 Å². The number of nitrogens with zero attached hydrogens (tertiary/aromatic N) is 1. The Morgan fingerprint density at radius 1 is 1.13 bits per heavy atom. The van der Waals surface area contributed by atoms with Gasteiger partial charge in [-0.25, -0.2) is 9.78 Å². The van der Waals surface area contributed by atoms with E-state index < -0.39 is 11.8 Å². The lowest BCUT2D eigenvalue weighted by molar-refractivity contribution is -0.262. The molecule has 7 nitrogen and oxygen atoms in total. The van der Waals surface area contributed by atoms with Crippen molar-refractivity contribution in [1.82, 2.24) is 4.98 Å². The first kappa shape index (κ1) is 21.1. The Labute approximate surface area is 180 Å². The maximum Gasteiger partial charge on any atom is 0.364 e. The van der Waals surface area contributed by atoms with Gasteiger partial charge < -0.3 is 23.7 Å². The minimum Gasteiger partial charge on any atom is -0.493 e. The maximum absolute atomic E-state index is 11.2. The second-order valence-electron chi connectivity index (χ2n) is 7.63. The highest BCUT2D eigenvalue weighted by Gasteiger charge is 2.40. The molecule has 0 aliphatic carbocycles. The zero-order valence-corrected chi connectivity index (χ0v) is 17.5. The van der Waals surface area contributed by atoms with Gasteiger partial charge in [0.15, 0.2) is 0 Å². The van der Waals surface area contributed by atoms with Gasteiger partial charge in [0.25, 0.3) is 5.79 Å². The van der Waals surface area contributed by atoms with Crippen molar-refractivity contribution in [1.29, 1.82) is 0 Å². The van der Waals surface area contributed by atoms with Gasteiger partial charge in [0.2, 0.25) is 5.89 Å².